The largest absolute Gasteiger partial charge is 0.565 e. The Hall–Kier alpha value is -3.12. The lowest BCUT2D eigenvalue weighted by Crippen LogP contribution is -2.17. The molecule has 0 aromatic heterocycles. The first kappa shape index (κ1) is 28.1. The van der Waals surface area contributed by atoms with Crippen LogP contribution in [0.4, 0.5) is 4.79 Å². The molecule has 0 heterocycles. The van der Waals surface area contributed by atoms with Gasteiger partial charge < -0.3 is 24.5 Å². The molecule has 3 aromatic carbocycles. The molecule has 5 nitrogen and oxygen atoms in total. The second kappa shape index (κ2) is 16.5. The molecule has 0 radical (unpaired) electrons. The van der Waals surface area contributed by atoms with Crippen molar-refractivity contribution in [1.29, 1.82) is 0 Å². The van der Waals surface area contributed by atoms with Crippen LogP contribution in [0.5, 0.6) is 11.5 Å². The molecule has 0 saturated carbocycles. The molecule has 0 fully saturated rings. The summed E-state index contributed by atoms with van der Waals surface area (Å²) in [4.78, 5) is 12.4. The summed E-state index contributed by atoms with van der Waals surface area (Å²) in [5.74, 6) is 1.90. The van der Waals surface area contributed by atoms with E-state index in [0.717, 1.165) is 37.6 Å². The van der Waals surface area contributed by atoms with Gasteiger partial charge in [0, 0.05) is 0 Å². The van der Waals surface area contributed by atoms with Crippen molar-refractivity contribution >= 4 is 17.1 Å². The molecule has 3 aromatic rings. The topological polar surface area (TPSA) is 78.8 Å². The molecule has 0 saturated heterocycles. The molecule has 0 aliphatic heterocycles. The van der Waals surface area contributed by atoms with Crippen molar-refractivity contribution in [3.05, 3.63) is 78.9 Å². The fourth-order valence-electron chi connectivity index (χ4n) is 3.39. The van der Waals surface area contributed by atoms with Gasteiger partial charge in [0.25, 0.3) is 0 Å². The predicted octanol–water partition coefficient (Wildman–Crippen LogP) is 6.81. The van der Waals surface area contributed by atoms with Gasteiger partial charge in [0.1, 0.15) is 11.5 Å². The van der Waals surface area contributed by atoms with Crippen LogP contribution in [0.1, 0.15) is 52.4 Å². The number of rotatable bonds is 13. The lowest BCUT2D eigenvalue weighted by atomic mass is 10.3. The Morgan fingerprint density at radius 1 is 0.686 bits per heavy atom. The van der Waals surface area contributed by atoms with Gasteiger partial charge in [-0.3, -0.25) is 0 Å². The highest BCUT2D eigenvalue weighted by atomic mass is 32.2. The first-order valence-corrected chi connectivity index (χ1v) is 13.4. The van der Waals surface area contributed by atoms with Gasteiger partial charge in [0.15, 0.2) is 14.7 Å². The number of unbranched alkanes of at least 4 members (excludes halogenated alkanes) is 4. The number of ether oxygens (including phenoxy) is 2. The maximum Gasteiger partial charge on any atom is 0.249 e. The van der Waals surface area contributed by atoms with Crippen LogP contribution in [-0.4, -0.2) is 24.5 Å². The Balaban J connectivity index is 0.00000100. The summed E-state index contributed by atoms with van der Waals surface area (Å²) in [6.45, 7) is 6.00. The minimum absolute atomic E-state index is 0.160. The molecule has 1 N–H and O–H groups in total. The van der Waals surface area contributed by atoms with Gasteiger partial charge in [0.2, 0.25) is 6.16 Å². The van der Waals surface area contributed by atoms with Crippen molar-refractivity contribution in [3.8, 4) is 11.5 Å². The Labute approximate surface area is 212 Å². The molecule has 35 heavy (non-hydrogen) atoms. The van der Waals surface area contributed by atoms with Crippen molar-refractivity contribution in [1.82, 2.24) is 0 Å². The van der Waals surface area contributed by atoms with E-state index in [0.29, 0.717) is 0 Å². The number of hydrogen-bond donors (Lipinski definition) is 1. The van der Waals surface area contributed by atoms with Gasteiger partial charge in [-0.15, -0.1) is 0 Å². The van der Waals surface area contributed by atoms with Crippen LogP contribution in [0.3, 0.4) is 0 Å². The third-order valence-electron chi connectivity index (χ3n) is 5.13. The van der Waals surface area contributed by atoms with Gasteiger partial charge in [0.05, 0.1) is 24.1 Å². The number of carboxylic acid groups (broad SMARTS) is 2. The molecular weight excluding hydrogens is 460 g/mol. The number of benzene rings is 3. The molecule has 3 rings (SSSR count). The summed E-state index contributed by atoms with van der Waals surface area (Å²) >= 11 is 0. The third-order valence-corrected chi connectivity index (χ3v) is 7.36. The van der Waals surface area contributed by atoms with Crippen LogP contribution in [0, 0.1) is 0 Å². The highest BCUT2D eigenvalue weighted by Crippen LogP contribution is 2.33. The summed E-state index contributed by atoms with van der Waals surface area (Å²) in [5, 5.41) is 15.3. The number of hydrogen-bond acceptors (Lipinski definition) is 4. The average Bonchev–Trinajstić information content (AvgIpc) is 2.87. The minimum Gasteiger partial charge on any atom is -0.565 e. The lowest BCUT2D eigenvalue weighted by molar-refractivity contribution is -0.275. The van der Waals surface area contributed by atoms with Crippen molar-refractivity contribution in [2.45, 2.75) is 67.1 Å². The van der Waals surface area contributed by atoms with E-state index in [-0.39, 0.29) is 10.9 Å². The number of carbonyl (C=O) groups is 1. The van der Waals surface area contributed by atoms with Crippen molar-refractivity contribution in [2.75, 3.05) is 13.2 Å². The van der Waals surface area contributed by atoms with Crippen LogP contribution in [-0.2, 0) is 10.9 Å². The summed E-state index contributed by atoms with van der Waals surface area (Å²) < 4.78 is 11.8. The fraction of sp³-hybridized carbons (Fsp3) is 0.345. The average molecular weight is 497 g/mol. The van der Waals surface area contributed by atoms with Gasteiger partial charge in [-0.25, -0.2) is 0 Å². The third kappa shape index (κ3) is 10.8. The van der Waals surface area contributed by atoms with Crippen molar-refractivity contribution < 1.29 is 24.5 Å². The van der Waals surface area contributed by atoms with Crippen molar-refractivity contribution in [3.63, 3.8) is 0 Å². The molecule has 188 valence electrons. The molecular formula is C29H36O5S. The van der Waals surface area contributed by atoms with Gasteiger partial charge in [-0.1, -0.05) is 57.7 Å². The van der Waals surface area contributed by atoms with Gasteiger partial charge >= 0.3 is 0 Å². The van der Waals surface area contributed by atoms with Crippen LogP contribution in [0.2, 0.25) is 0 Å². The second-order valence-corrected chi connectivity index (χ2v) is 9.97. The maximum atomic E-state index is 8.44. The van der Waals surface area contributed by atoms with E-state index in [1.807, 2.05) is 0 Å². The van der Waals surface area contributed by atoms with Crippen LogP contribution < -0.4 is 14.6 Å². The summed E-state index contributed by atoms with van der Waals surface area (Å²) in [7, 11) is -0.160. The lowest BCUT2D eigenvalue weighted by Gasteiger charge is -2.11. The predicted molar refractivity (Wildman–Crippen MR) is 140 cm³/mol. The zero-order valence-electron chi connectivity index (χ0n) is 20.7. The second-order valence-electron chi connectivity index (χ2n) is 7.94. The van der Waals surface area contributed by atoms with E-state index < -0.39 is 6.16 Å². The Kier molecular flexibility index (Phi) is 13.3. The van der Waals surface area contributed by atoms with E-state index in [1.165, 1.54) is 40.4 Å². The Bertz CT molecular complexity index is 899. The van der Waals surface area contributed by atoms with E-state index in [2.05, 4.69) is 92.7 Å². The van der Waals surface area contributed by atoms with Crippen LogP contribution in [0.25, 0.3) is 0 Å². The fourth-order valence-corrected chi connectivity index (χ4v) is 5.46. The summed E-state index contributed by atoms with van der Waals surface area (Å²) in [6, 6.07) is 28.0. The molecule has 0 aliphatic rings. The van der Waals surface area contributed by atoms with Gasteiger partial charge in [-0.2, -0.15) is 0 Å². The molecule has 0 atom stereocenters. The highest BCUT2D eigenvalue weighted by molar-refractivity contribution is 7.97. The summed E-state index contributed by atoms with van der Waals surface area (Å²) in [5.41, 5.74) is 0. The maximum absolute atomic E-state index is 8.44. The smallest absolute Gasteiger partial charge is 0.249 e. The molecule has 0 unspecified atom stereocenters. The first-order valence-electron chi connectivity index (χ1n) is 12.2. The molecule has 0 bridgehead atoms. The monoisotopic (exact) mass is 496 g/mol. The van der Waals surface area contributed by atoms with Crippen molar-refractivity contribution in [2.24, 2.45) is 0 Å². The normalized spacial score (nSPS) is 10.4. The van der Waals surface area contributed by atoms with E-state index in [9.17, 15) is 0 Å². The van der Waals surface area contributed by atoms with Gasteiger partial charge in [-0.05, 0) is 73.5 Å². The zero-order valence-corrected chi connectivity index (χ0v) is 21.5. The van der Waals surface area contributed by atoms with Crippen LogP contribution >= 0.6 is 0 Å². The highest BCUT2D eigenvalue weighted by Gasteiger charge is 2.28. The Morgan fingerprint density at radius 2 is 1.06 bits per heavy atom. The minimum atomic E-state index is -2.08. The molecule has 0 aliphatic carbocycles. The quantitative estimate of drug-likeness (QED) is 0.208. The van der Waals surface area contributed by atoms with E-state index in [1.54, 1.807) is 0 Å². The molecule has 0 amide bonds. The standard InChI is InChI=1S/C28H35O2S.CH2O3/c1-3-5-10-22-29-24-14-18-27(19-15-24)31(26-12-8-7-9-13-26)28-20-16-25(17-21-28)30-23-11-6-4-2;2-1(3)4/h7-9,12-21H,3-6,10-11,22-23H2,1-2H3;(H2,2,3,4)/q+1;/p-1. The summed E-state index contributed by atoms with van der Waals surface area (Å²) in [6.07, 6.45) is 5.00. The first-order chi connectivity index (χ1) is 17.0. The van der Waals surface area contributed by atoms with E-state index in [4.69, 9.17) is 24.5 Å². The SMILES string of the molecule is CCCCCOc1ccc([S+](c2ccccc2)c2ccc(OCCCCC)cc2)cc1.O=C([O-])O. The van der Waals surface area contributed by atoms with E-state index >= 15 is 0 Å². The molecule has 6 heteroatoms. The molecule has 0 spiro atoms. The Morgan fingerprint density at radius 3 is 1.43 bits per heavy atom. The zero-order chi connectivity index (χ0) is 25.3. The van der Waals surface area contributed by atoms with Crippen LogP contribution in [0.15, 0.2) is 93.5 Å².